The number of methoxy groups -OCH3 is 1. The van der Waals surface area contributed by atoms with Gasteiger partial charge in [0.25, 0.3) is 0 Å². The van der Waals surface area contributed by atoms with Crippen LogP contribution < -0.4 is 16.2 Å². The van der Waals surface area contributed by atoms with Gasteiger partial charge in [0.1, 0.15) is 12.0 Å². The number of carboxylic acids is 1. The maximum Gasteiger partial charge on any atom is 0.335 e. The van der Waals surface area contributed by atoms with Crippen molar-refractivity contribution in [2.45, 2.75) is 6.92 Å². The van der Waals surface area contributed by atoms with E-state index in [9.17, 15) is 14.4 Å². The summed E-state index contributed by atoms with van der Waals surface area (Å²) in [5.41, 5.74) is 1.57. The van der Waals surface area contributed by atoms with E-state index in [2.05, 4.69) is 5.32 Å². The van der Waals surface area contributed by atoms with Gasteiger partial charge in [0.05, 0.1) is 12.7 Å². The molecule has 1 amide bonds. The van der Waals surface area contributed by atoms with E-state index in [4.69, 9.17) is 9.84 Å². The molecule has 0 saturated heterocycles. The quantitative estimate of drug-likeness (QED) is 0.738. The highest BCUT2D eigenvalue weighted by Gasteiger charge is 2.00. The normalized spacial score (nSPS) is 8.75. The minimum atomic E-state index is -0.923. The zero-order valence-corrected chi connectivity index (χ0v) is 13.5. The first-order valence-electron chi connectivity index (χ1n) is 6.66. The molecule has 0 heterocycles. The molecule has 24 heavy (non-hydrogen) atoms. The molecule has 0 aliphatic rings. The average molecular weight is 332 g/mol. The zero-order chi connectivity index (χ0) is 17.2. The fraction of sp³-hybridized carbons (Fsp3) is 0.118. The van der Waals surface area contributed by atoms with Crippen LogP contribution >= 0.6 is 0 Å². The van der Waals surface area contributed by atoms with E-state index in [1.807, 2.05) is 0 Å². The number of rotatable bonds is 4. The summed E-state index contributed by atoms with van der Waals surface area (Å²) >= 11 is 0. The second kappa shape index (κ2) is 10.5. The monoisotopic (exact) mass is 332 g/mol. The molecule has 0 bridgehead atoms. The van der Waals surface area contributed by atoms with Crippen molar-refractivity contribution in [3.05, 3.63) is 59.7 Å². The van der Waals surface area contributed by atoms with Gasteiger partial charge in [-0.05, 0) is 48.5 Å². The van der Waals surface area contributed by atoms with Crippen molar-refractivity contribution in [2.75, 3.05) is 12.4 Å². The summed E-state index contributed by atoms with van der Waals surface area (Å²) in [6, 6.07) is 12.9. The van der Waals surface area contributed by atoms with Crippen molar-refractivity contribution < 1.29 is 24.2 Å². The molecule has 0 atom stereocenters. The average Bonchev–Trinajstić information content (AvgIpc) is 2.55. The van der Waals surface area contributed by atoms with Crippen molar-refractivity contribution >= 4 is 23.9 Å². The van der Waals surface area contributed by atoms with Gasteiger partial charge in [-0.1, -0.05) is 0 Å². The van der Waals surface area contributed by atoms with Crippen LogP contribution in [0.1, 0.15) is 27.6 Å². The molecule has 0 unspecified atom stereocenters. The maximum absolute atomic E-state index is 10.6. The van der Waals surface area contributed by atoms with Crippen molar-refractivity contribution in [1.82, 2.24) is 6.15 Å². The Kier molecular flexibility index (Phi) is 9.12. The molecule has 7 nitrogen and oxygen atoms in total. The SMILES string of the molecule is CC(=O)Nc1ccc(C=O)cc1.COc1ccc(C(=O)O)cc1.N. The van der Waals surface area contributed by atoms with Crippen LogP contribution in [0.5, 0.6) is 5.75 Å². The fourth-order valence-corrected chi connectivity index (χ4v) is 1.58. The smallest absolute Gasteiger partial charge is 0.335 e. The Labute approximate surface area is 139 Å². The van der Waals surface area contributed by atoms with Crippen LogP contribution in [-0.2, 0) is 4.79 Å². The predicted molar refractivity (Wildman–Crippen MR) is 91.1 cm³/mol. The number of amides is 1. The Morgan fingerprint density at radius 1 is 1.04 bits per heavy atom. The highest BCUT2D eigenvalue weighted by atomic mass is 16.5. The minimum Gasteiger partial charge on any atom is -0.497 e. The summed E-state index contributed by atoms with van der Waals surface area (Å²) < 4.78 is 4.86. The van der Waals surface area contributed by atoms with Crippen molar-refractivity contribution in [2.24, 2.45) is 0 Å². The van der Waals surface area contributed by atoms with Crippen LogP contribution in [-0.4, -0.2) is 30.4 Å². The second-order valence-corrected chi connectivity index (χ2v) is 4.45. The van der Waals surface area contributed by atoms with Gasteiger partial charge in [0, 0.05) is 18.2 Å². The van der Waals surface area contributed by atoms with Gasteiger partial charge in [-0.2, -0.15) is 0 Å². The first-order chi connectivity index (χ1) is 11.0. The first kappa shape index (κ1) is 20.8. The molecular formula is C17H20N2O5. The third-order valence-corrected chi connectivity index (χ3v) is 2.70. The van der Waals surface area contributed by atoms with Crippen molar-refractivity contribution in [3.63, 3.8) is 0 Å². The summed E-state index contributed by atoms with van der Waals surface area (Å²) in [6.07, 6.45) is 0.761. The molecule has 0 aliphatic carbocycles. The van der Waals surface area contributed by atoms with Crippen LogP contribution in [0, 0.1) is 0 Å². The summed E-state index contributed by atoms with van der Waals surface area (Å²) in [7, 11) is 1.54. The van der Waals surface area contributed by atoms with Crippen molar-refractivity contribution in [1.29, 1.82) is 0 Å². The molecule has 0 fully saturated rings. The Hall–Kier alpha value is -3.19. The number of anilines is 1. The molecule has 0 spiro atoms. The van der Waals surface area contributed by atoms with E-state index in [-0.39, 0.29) is 17.6 Å². The third-order valence-electron chi connectivity index (χ3n) is 2.70. The van der Waals surface area contributed by atoms with Crippen LogP contribution in [0.3, 0.4) is 0 Å². The molecule has 2 aromatic carbocycles. The number of benzene rings is 2. The van der Waals surface area contributed by atoms with Crippen LogP contribution in [0.25, 0.3) is 0 Å². The molecule has 128 valence electrons. The number of aromatic carboxylic acids is 1. The van der Waals surface area contributed by atoms with E-state index < -0.39 is 5.97 Å². The highest BCUT2D eigenvalue weighted by Crippen LogP contribution is 2.10. The van der Waals surface area contributed by atoms with Crippen LogP contribution in [0.15, 0.2) is 48.5 Å². The number of nitrogens with one attached hydrogen (secondary N) is 1. The van der Waals surface area contributed by atoms with E-state index in [1.54, 1.807) is 36.4 Å². The Bertz CT molecular complexity index is 666. The van der Waals surface area contributed by atoms with Gasteiger partial charge in [-0.3, -0.25) is 9.59 Å². The fourth-order valence-electron chi connectivity index (χ4n) is 1.58. The van der Waals surface area contributed by atoms with Gasteiger partial charge in [-0.15, -0.1) is 0 Å². The van der Waals surface area contributed by atoms with Gasteiger partial charge in [-0.25, -0.2) is 4.79 Å². The molecule has 0 aromatic heterocycles. The molecule has 2 rings (SSSR count). The Balaban J connectivity index is 0.000000425. The van der Waals surface area contributed by atoms with Gasteiger partial charge in [0.2, 0.25) is 5.91 Å². The second-order valence-electron chi connectivity index (χ2n) is 4.45. The van der Waals surface area contributed by atoms with E-state index in [0.29, 0.717) is 17.0 Å². The Morgan fingerprint density at radius 2 is 1.58 bits per heavy atom. The van der Waals surface area contributed by atoms with E-state index in [0.717, 1.165) is 6.29 Å². The molecular weight excluding hydrogens is 312 g/mol. The lowest BCUT2D eigenvalue weighted by atomic mass is 10.2. The number of carbonyl (C=O) groups excluding carboxylic acids is 2. The number of carboxylic acid groups (broad SMARTS) is 1. The minimum absolute atomic E-state index is 0. The molecule has 0 radical (unpaired) electrons. The van der Waals surface area contributed by atoms with Gasteiger partial charge in [0.15, 0.2) is 0 Å². The highest BCUT2D eigenvalue weighted by molar-refractivity contribution is 5.89. The number of hydrogen-bond donors (Lipinski definition) is 3. The van der Waals surface area contributed by atoms with Crippen LogP contribution in [0.4, 0.5) is 5.69 Å². The topological polar surface area (TPSA) is 128 Å². The van der Waals surface area contributed by atoms with Gasteiger partial charge < -0.3 is 21.3 Å². The number of ether oxygens (including phenoxy) is 1. The summed E-state index contributed by atoms with van der Waals surface area (Å²) in [6.45, 7) is 1.44. The van der Waals surface area contributed by atoms with Crippen LogP contribution in [0.2, 0.25) is 0 Å². The third kappa shape index (κ3) is 7.19. The number of aldehydes is 1. The molecule has 0 aliphatic heterocycles. The lowest BCUT2D eigenvalue weighted by Gasteiger charge is -2.00. The summed E-state index contributed by atoms with van der Waals surface area (Å²) in [5.74, 6) is -0.378. The molecule has 5 N–H and O–H groups in total. The predicted octanol–water partition coefficient (Wildman–Crippen LogP) is 3.01. The lowest BCUT2D eigenvalue weighted by molar-refractivity contribution is -0.114. The molecule has 2 aromatic rings. The number of carbonyl (C=O) groups is 3. The van der Waals surface area contributed by atoms with Gasteiger partial charge >= 0.3 is 5.97 Å². The maximum atomic E-state index is 10.6. The molecule has 7 heteroatoms. The number of hydrogen-bond acceptors (Lipinski definition) is 5. The van der Waals surface area contributed by atoms with E-state index >= 15 is 0 Å². The summed E-state index contributed by atoms with van der Waals surface area (Å²) in [5, 5.41) is 11.1. The van der Waals surface area contributed by atoms with Crippen molar-refractivity contribution in [3.8, 4) is 5.75 Å². The standard InChI is InChI=1S/C9H9NO2.C8H8O3.H3N/c1-7(12)10-9-4-2-8(6-11)3-5-9;1-11-7-4-2-6(3-5-7)8(9)10;/h2-6H,1H3,(H,10,12);2-5H,1H3,(H,9,10);1H3. The zero-order valence-electron chi connectivity index (χ0n) is 13.5. The van der Waals surface area contributed by atoms with E-state index in [1.165, 1.54) is 26.2 Å². The first-order valence-corrected chi connectivity index (χ1v) is 6.66. The summed E-state index contributed by atoms with van der Waals surface area (Å²) in [4.78, 5) is 31.2. The largest absolute Gasteiger partial charge is 0.497 e. The lowest BCUT2D eigenvalue weighted by Crippen LogP contribution is -2.05. The molecule has 0 saturated carbocycles. The Morgan fingerprint density at radius 3 is 1.96 bits per heavy atom.